The van der Waals surface area contributed by atoms with Crippen molar-refractivity contribution in [1.29, 1.82) is 5.41 Å². The maximum atomic E-state index is 8.02. The van der Waals surface area contributed by atoms with Crippen LogP contribution in [0.25, 0.3) is 0 Å². The average Bonchev–Trinajstić information content (AvgIpc) is 2.39. The van der Waals surface area contributed by atoms with Crippen molar-refractivity contribution < 1.29 is 4.74 Å². The van der Waals surface area contributed by atoms with E-state index in [4.69, 9.17) is 10.1 Å². The molecule has 0 aliphatic carbocycles. The van der Waals surface area contributed by atoms with Gasteiger partial charge in [0.1, 0.15) is 5.84 Å². The van der Waals surface area contributed by atoms with E-state index in [1.807, 2.05) is 0 Å². The molecule has 92 valence electrons. The lowest BCUT2D eigenvalue weighted by Gasteiger charge is -2.28. The van der Waals surface area contributed by atoms with Gasteiger partial charge in [0, 0.05) is 18.0 Å². The number of benzene rings is 1. The molecular weight excluding hydrogens is 232 g/mol. The van der Waals surface area contributed by atoms with E-state index in [1.165, 1.54) is 10.5 Å². The number of hydrogen-bond donors (Lipinski definition) is 1. The highest BCUT2D eigenvalue weighted by Gasteiger charge is 2.13. The van der Waals surface area contributed by atoms with Crippen LogP contribution >= 0.6 is 11.8 Å². The number of ether oxygens (including phenoxy) is 1. The zero-order chi connectivity index (χ0) is 12.1. The van der Waals surface area contributed by atoms with Gasteiger partial charge in [-0.1, -0.05) is 17.7 Å². The second-order valence-electron chi connectivity index (χ2n) is 4.15. The van der Waals surface area contributed by atoms with Gasteiger partial charge >= 0.3 is 0 Å². The highest BCUT2D eigenvalue weighted by molar-refractivity contribution is 8.00. The highest BCUT2D eigenvalue weighted by atomic mass is 32.2. The Morgan fingerprint density at radius 2 is 1.94 bits per heavy atom. The molecule has 1 saturated heterocycles. The number of aryl methyl sites for hydroxylation is 1. The summed E-state index contributed by atoms with van der Waals surface area (Å²) in [5, 5.41) is 8.02. The summed E-state index contributed by atoms with van der Waals surface area (Å²) in [6.07, 6.45) is 0. The van der Waals surface area contributed by atoms with Crippen molar-refractivity contribution in [2.45, 2.75) is 11.8 Å². The van der Waals surface area contributed by atoms with E-state index >= 15 is 0 Å². The van der Waals surface area contributed by atoms with E-state index in [0.29, 0.717) is 5.84 Å². The fourth-order valence-electron chi connectivity index (χ4n) is 1.71. The lowest BCUT2D eigenvalue weighted by molar-refractivity contribution is 0.0676. The van der Waals surface area contributed by atoms with Crippen molar-refractivity contribution in [2.24, 2.45) is 0 Å². The van der Waals surface area contributed by atoms with Gasteiger partial charge in [-0.05, 0) is 19.1 Å². The number of amidine groups is 1. The molecule has 1 aromatic rings. The summed E-state index contributed by atoms with van der Waals surface area (Å²) in [6.45, 7) is 5.29. The summed E-state index contributed by atoms with van der Waals surface area (Å²) in [5.74, 6) is 1.45. The van der Waals surface area contributed by atoms with Gasteiger partial charge in [-0.3, -0.25) is 5.41 Å². The molecule has 1 heterocycles. The van der Waals surface area contributed by atoms with Crippen LogP contribution in [0.4, 0.5) is 0 Å². The molecule has 0 atom stereocenters. The molecule has 1 aliphatic rings. The van der Waals surface area contributed by atoms with Gasteiger partial charge in [0.15, 0.2) is 0 Å². The maximum Gasteiger partial charge on any atom is 0.106 e. The van der Waals surface area contributed by atoms with E-state index < -0.39 is 0 Å². The molecule has 17 heavy (non-hydrogen) atoms. The summed E-state index contributed by atoms with van der Waals surface area (Å²) >= 11 is 1.72. The van der Waals surface area contributed by atoms with Crippen molar-refractivity contribution in [3.8, 4) is 0 Å². The molecule has 0 spiro atoms. The highest BCUT2D eigenvalue weighted by Crippen LogP contribution is 2.19. The fourth-order valence-corrected chi connectivity index (χ4v) is 2.53. The van der Waals surface area contributed by atoms with Crippen molar-refractivity contribution >= 4 is 17.6 Å². The Kier molecular flexibility index (Phi) is 4.45. The Bertz CT molecular complexity index is 372. The molecule has 1 aliphatic heterocycles. The SMILES string of the molecule is Cc1ccc(SCC(=N)N2CCOCC2)cc1. The second kappa shape index (κ2) is 6.07. The summed E-state index contributed by atoms with van der Waals surface area (Å²) in [4.78, 5) is 3.33. The molecular formula is C13H18N2OS. The molecule has 1 aromatic carbocycles. The van der Waals surface area contributed by atoms with Crippen LogP contribution in [-0.2, 0) is 4.74 Å². The van der Waals surface area contributed by atoms with Crippen molar-refractivity contribution in [3.05, 3.63) is 29.8 Å². The second-order valence-corrected chi connectivity index (χ2v) is 5.20. The van der Waals surface area contributed by atoms with E-state index in [1.54, 1.807) is 11.8 Å². The van der Waals surface area contributed by atoms with Crippen molar-refractivity contribution in [3.63, 3.8) is 0 Å². The standard InChI is InChI=1S/C13H18N2OS/c1-11-2-4-12(5-3-11)17-10-13(14)15-6-8-16-9-7-15/h2-5,14H,6-10H2,1H3. The van der Waals surface area contributed by atoms with Gasteiger partial charge in [0.05, 0.1) is 19.0 Å². The summed E-state index contributed by atoms with van der Waals surface area (Å²) in [5.41, 5.74) is 1.28. The van der Waals surface area contributed by atoms with Gasteiger partial charge in [-0.25, -0.2) is 0 Å². The third-order valence-corrected chi connectivity index (χ3v) is 3.81. The molecule has 0 bridgehead atoms. The fraction of sp³-hybridized carbons (Fsp3) is 0.462. The third-order valence-electron chi connectivity index (χ3n) is 2.79. The van der Waals surface area contributed by atoms with Crippen LogP contribution in [0.2, 0.25) is 0 Å². The molecule has 0 amide bonds. The van der Waals surface area contributed by atoms with Gasteiger partial charge in [0.2, 0.25) is 0 Å². The molecule has 0 saturated carbocycles. The maximum absolute atomic E-state index is 8.02. The smallest absolute Gasteiger partial charge is 0.106 e. The molecule has 0 unspecified atom stereocenters. The van der Waals surface area contributed by atoms with Crippen LogP contribution in [0.5, 0.6) is 0 Å². The van der Waals surface area contributed by atoms with Crippen molar-refractivity contribution in [2.75, 3.05) is 32.1 Å². The topological polar surface area (TPSA) is 36.3 Å². The largest absolute Gasteiger partial charge is 0.378 e. The Labute approximate surface area is 107 Å². The number of rotatable bonds is 3. The Hall–Kier alpha value is -1.00. The van der Waals surface area contributed by atoms with E-state index in [-0.39, 0.29) is 0 Å². The van der Waals surface area contributed by atoms with Gasteiger partial charge in [-0.15, -0.1) is 11.8 Å². The summed E-state index contributed by atoms with van der Waals surface area (Å²) in [6, 6.07) is 8.46. The molecule has 1 fully saturated rings. The molecule has 2 rings (SSSR count). The Morgan fingerprint density at radius 3 is 2.59 bits per heavy atom. The van der Waals surface area contributed by atoms with Crippen LogP contribution in [-0.4, -0.2) is 42.8 Å². The quantitative estimate of drug-likeness (QED) is 0.508. The van der Waals surface area contributed by atoms with Crippen LogP contribution in [0.15, 0.2) is 29.2 Å². The number of thioether (sulfide) groups is 1. The lowest BCUT2D eigenvalue weighted by Crippen LogP contribution is -2.41. The Balaban J connectivity index is 1.81. The zero-order valence-corrected chi connectivity index (χ0v) is 10.9. The van der Waals surface area contributed by atoms with Crippen LogP contribution < -0.4 is 0 Å². The van der Waals surface area contributed by atoms with Crippen molar-refractivity contribution in [1.82, 2.24) is 4.90 Å². The number of morpholine rings is 1. The summed E-state index contributed by atoms with van der Waals surface area (Å²) < 4.78 is 5.28. The predicted molar refractivity (Wildman–Crippen MR) is 72.0 cm³/mol. The average molecular weight is 250 g/mol. The monoisotopic (exact) mass is 250 g/mol. The minimum atomic E-state index is 0.707. The zero-order valence-electron chi connectivity index (χ0n) is 10.1. The van der Waals surface area contributed by atoms with Crippen LogP contribution in [0.1, 0.15) is 5.56 Å². The molecule has 0 radical (unpaired) electrons. The first-order valence-corrected chi connectivity index (χ1v) is 6.84. The summed E-state index contributed by atoms with van der Waals surface area (Å²) in [7, 11) is 0. The van der Waals surface area contributed by atoms with Crippen LogP contribution in [0.3, 0.4) is 0 Å². The van der Waals surface area contributed by atoms with Gasteiger partial charge in [0.25, 0.3) is 0 Å². The van der Waals surface area contributed by atoms with Crippen LogP contribution in [0, 0.1) is 12.3 Å². The molecule has 0 aromatic heterocycles. The Morgan fingerprint density at radius 1 is 1.29 bits per heavy atom. The normalized spacial score (nSPS) is 15.9. The minimum Gasteiger partial charge on any atom is -0.378 e. The molecule has 4 heteroatoms. The first-order valence-electron chi connectivity index (χ1n) is 5.85. The van der Waals surface area contributed by atoms with E-state index in [2.05, 4.69) is 36.1 Å². The van der Waals surface area contributed by atoms with E-state index in [9.17, 15) is 0 Å². The van der Waals surface area contributed by atoms with E-state index in [0.717, 1.165) is 32.1 Å². The molecule has 3 nitrogen and oxygen atoms in total. The lowest BCUT2D eigenvalue weighted by atomic mass is 10.2. The number of nitrogens with one attached hydrogen (secondary N) is 1. The minimum absolute atomic E-state index is 0.707. The predicted octanol–water partition coefficient (Wildman–Crippen LogP) is 2.40. The van der Waals surface area contributed by atoms with Gasteiger partial charge in [-0.2, -0.15) is 0 Å². The third kappa shape index (κ3) is 3.75. The van der Waals surface area contributed by atoms with Gasteiger partial charge < -0.3 is 9.64 Å². The number of hydrogen-bond acceptors (Lipinski definition) is 3. The first kappa shape index (κ1) is 12.5. The first-order chi connectivity index (χ1) is 8.25. The molecule has 1 N–H and O–H groups in total. The number of nitrogens with zero attached hydrogens (tertiary/aromatic N) is 1.